The molecule has 0 spiro atoms. The van der Waals surface area contributed by atoms with E-state index in [1.165, 1.54) is 0 Å². The molecule has 0 radical (unpaired) electrons. The van der Waals surface area contributed by atoms with Crippen LogP contribution in [0.5, 0.6) is 11.5 Å². The summed E-state index contributed by atoms with van der Waals surface area (Å²) >= 11 is 0. The van der Waals surface area contributed by atoms with Crippen LogP contribution in [0.15, 0.2) is 48.5 Å². The lowest BCUT2D eigenvalue weighted by atomic mass is 10.1. The first-order valence-corrected chi connectivity index (χ1v) is 6.38. The van der Waals surface area contributed by atoms with E-state index in [-0.39, 0.29) is 6.61 Å². The number of benzene rings is 2. The lowest BCUT2D eigenvalue weighted by Gasteiger charge is -2.14. The molecule has 4 heteroatoms. The standard InChI is InChI=1S/C16H18O4/c1-19-16-9-13(14(18)10-17)7-8-15(16)20-11-12-5-3-2-4-6-12/h2-9,14,17-18H,10-11H2,1H3. The molecule has 106 valence electrons. The Morgan fingerprint density at radius 3 is 2.45 bits per heavy atom. The normalized spacial score (nSPS) is 11.9. The zero-order valence-electron chi connectivity index (χ0n) is 11.3. The van der Waals surface area contributed by atoms with Crippen molar-refractivity contribution in [2.75, 3.05) is 13.7 Å². The highest BCUT2D eigenvalue weighted by Crippen LogP contribution is 2.30. The van der Waals surface area contributed by atoms with Gasteiger partial charge in [-0.2, -0.15) is 0 Å². The van der Waals surface area contributed by atoms with Crippen LogP contribution in [0.1, 0.15) is 17.2 Å². The fourth-order valence-electron chi connectivity index (χ4n) is 1.85. The summed E-state index contributed by atoms with van der Waals surface area (Å²) in [5.74, 6) is 1.14. The maximum absolute atomic E-state index is 9.60. The lowest BCUT2D eigenvalue weighted by molar-refractivity contribution is 0.0953. The van der Waals surface area contributed by atoms with E-state index in [4.69, 9.17) is 14.6 Å². The summed E-state index contributed by atoms with van der Waals surface area (Å²) < 4.78 is 11.0. The Kier molecular flexibility index (Phi) is 4.98. The molecular formula is C16H18O4. The van der Waals surface area contributed by atoms with Gasteiger partial charge in [-0.15, -0.1) is 0 Å². The van der Waals surface area contributed by atoms with Gasteiger partial charge in [0.15, 0.2) is 11.5 Å². The number of rotatable bonds is 6. The minimum absolute atomic E-state index is 0.326. The van der Waals surface area contributed by atoms with Crippen LogP contribution in [0.2, 0.25) is 0 Å². The molecule has 0 saturated carbocycles. The smallest absolute Gasteiger partial charge is 0.161 e. The van der Waals surface area contributed by atoms with Gasteiger partial charge in [0, 0.05) is 0 Å². The number of hydrogen-bond donors (Lipinski definition) is 2. The first kappa shape index (κ1) is 14.4. The van der Waals surface area contributed by atoms with Crippen molar-refractivity contribution < 1.29 is 19.7 Å². The third-order valence-corrected chi connectivity index (χ3v) is 2.98. The second-order valence-electron chi connectivity index (χ2n) is 4.38. The molecule has 4 nitrogen and oxygen atoms in total. The highest BCUT2D eigenvalue weighted by atomic mass is 16.5. The predicted molar refractivity (Wildman–Crippen MR) is 75.8 cm³/mol. The van der Waals surface area contributed by atoms with Gasteiger partial charge in [0.25, 0.3) is 0 Å². The molecule has 0 fully saturated rings. The summed E-state index contributed by atoms with van der Waals surface area (Å²) in [4.78, 5) is 0. The first-order valence-electron chi connectivity index (χ1n) is 6.38. The van der Waals surface area contributed by atoms with E-state index in [0.29, 0.717) is 23.7 Å². The first-order chi connectivity index (χ1) is 9.74. The summed E-state index contributed by atoms with van der Waals surface area (Å²) in [7, 11) is 1.54. The molecule has 1 atom stereocenters. The highest BCUT2D eigenvalue weighted by Gasteiger charge is 2.11. The molecule has 0 aliphatic carbocycles. The molecule has 0 aromatic heterocycles. The minimum Gasteiger partial charge on any atom is -0.493 e. The van der Waals surface area contributed by atoms with Crippen molar-refractivity contribution in [3.05, 3.63) is 59.7 Å². The number of hydrogen-bond acceptors (Lipinski definition) is 4. The van der Waals surface area contributed by atoms with Gasteiger partial charge in [0.1, 0.15) is 12.7 Å². The van der Waals surface area contributed by atoms with E-state index in [1.807, 2.05) is 30.3 Å². The van der Waals surface area contributed by atoms with Crippen LogP contribution in [-0.4, -0.2) is 23.9 Å². The Morgan fingerprint density at radius 1 is 1.05 bits per heavy atom. The molecule has 0 heterocycles. The van der Waals surface area contributed by atoms with E-state index in [9.17, 15) is 5.11 Å². The average molecular weight is 274 g/mol. The Morgan fingerprint density at radius 2 is 1.80 bits per heavy atom. The van der Waals surface area contributed by atoms with Crippen LogP contribution < -0.4 is 9.47 Å². The Bertz CT molecular complexity index is 539. The van der Waals surface area contributed by atoms with E-state index >= 15 is 0 Å². The van der Waals surface area contributed by atoms with E-state index in [1.54, 1.807) is 25.3 Å². The number of ether oxygens (including phenoxy) is 2. The summed E-state index contributed by atoms with van der Waals surface area (Å²) in [6.07, 6.45) is -0.910. The monoisotopic (exact) mass is 274 g/mol. The summed E-state index contributed by atoms with van der Waals surface area (Å²) in [5, 5.41) is 18.6. The number of aliphatic hydroxyl groups excluding tert-OH is 2. The quantitative estimate of drug-likeness (QED) is 0.848. The van der Waals surface area contributed by atoms with Crippen molar-refractivity contribution in [3.8, 4) is 11.5 Å². The van der Waals surface area contributed by atoms with Crippen LogP contribution in [-0.2, 0) is 6.61 Å². The third-order valence-electron chi connectivity index (χ3n) is 2.98. The molecule has 2 rings (SSSR count). The van der Waals surface area contributed by atoms with Gasteiger partial charge in [-0.05, 0) is 23.3 Å². The summed E-state index contributed by atoms with van der Waals surface area (Å²) in [5.41, 5.74) is 1.66. The maximum Gasteiger partial charge on any atom is 0.161 e. The predicted octanol–water partition coefficient (Wildman–Crippen LogP) is 2.30. The molecule has 2 N–H and O–H groups in total. The molecule has 20 heavy (non-hydrogen) atoms. The van der Waals surface area contributed by atoms with Gasteiger partial charge in [-0.3, -0.25) is 0 Å². The number of aliphatic hydroxyl groups is 2. The second kappa shape index (κ2) is 6.93. The third kappa shape index (κ3) is 3.50. The topological polar surface area (TPSA) is 58.9 Å². The van der Waals surface area contributed by atoms with Crippen molar-refractivity contribution in [3.63, 3.8) is 0 Å². The Hall–Kier alpha value is -2.04. The lowest BCUT2D eigenvalue weighted by Crippen LogP contribution is -2.04. The van der Waals surface area contributed by atoms with Crippen molar-refractivity contribution in [2.24, 2.45) is 0 Å². The Labute approximate surface area is 118 Å². The van der Waals surface area contributed by atoms with Gasteiger partial charge in [-0.25, -0.2) is 0 Å². The summed E-state index contributed by atoms with van der Waals surface area (Å²) in [6.45, 7) is 0.118. The fraction of sp³-hybridized carbons (Fsp3) is 0.250. The molecule has 0 amide bonds. The second-order valence-corrected chi connectivity index (χ2v) is 4.38. The van der Waals surface area contributed by atoms with Crippen LogP contribution in [0, 0.1) is 0 Å². The van der Waals surface area contributed by atoms with E-state index in [0.717, 1.165) is 5.56 Å². The minimum atomic E-state index is -0.910. The molecule has 0 aliphatic heterocycles. The molecule has 2 aromatic carbocycles. The van der Waals surface area contributed by atoms with Crippen LogP contribution in [0.3, 0.4) is 0 Å². The van der Waals surface area contributed by atoms with Crippen LogP contribution in [0.25, 0.3) is 0 Å². The van der Waals surface area contributed by atoms with Crippen LogP contribution >= 0.6 is 0 Å². The van der Waals surface area contributed by atoms with E-state index < -0.39 is 6.10 Å². The molecule has 1 unspecified atom stereocenters. The fourth-order valence-corrected chi connectivity index (χ4v) is 1.85. The van der Waals surface area contributed by atoms with Gasteiger partial charge in [0.2, 0.25) is 0 Å². The van der Waals surface area contributed by atoms with Crippen molar-refractivity contribution >= 4 is 0 Å². The van der Waals surface area contributed by atoms with Gasteiger partial charge in [-0.1, -0.05) is 36.4 Å². The Balaban J connectivity index is 2.11. The molecule has 0 saturated heterocycles. The van der Waals surface area contributed by atoms with Gasteiger partial charge in [0.05, 0.1) is 13.7 Å². The van der Waals surface area contributed by atoms with Crippen molar-refractivity contribution in [1.29, 1.82) is 0 Å². The zero-order valence-corrected chi connectivity index (χ0v) is 11.3. The largest absolute Gasteiger partial charge is 0.493 e. The van der Waals surface area contributed by atoms with Gasteiger partial charge < -0.3 is 19.7 Å². The van der Waals surface area contributed by atoms with Crippen molar-refractivity contribution in [2.45, 2.75) is 12.7 Å². The SMILES string of the molecule is COc1cc(C(O)CO)ccc1OCc1ccccc1. The molecule has 0 aliphatic rings. The highest BCUT2D eigenvalue weighted by molar-refractivity contribution is 5.43. The average Bonchev–Trinajstić information content (AvgIpc) is 2.53. The molecule has 0 bridgehead atoms. The van der Waals surface area contributed by atoms with Gasteiger partial charge >= 0.3 is 0 Å². The maximum atomic E-state index is 9.60. The number of methoxy groups -OCH3 is 1. The zero-order chi connectivity index (χ0) is 14.4. The molecule has 2 aromatic rings. The van der Waals surface area contributed by atoms with E-state index in [2.05, 4.69) is 0 Å². The van der Waals surface area contributed by atoms with Crippen molar-refractivity contribution in [1.82, 2.24) is 0 Å². The summed E-state index contributed by atoms with van der Waals surface area (Å²) in [6, 6.07) is 14.9. The van der Waals surface area contributed by atoms with Crippen LogP contribution in [0.4, 0.5) is 0 Å². The molecular weight excluding hydrogens is 256 g/mol.